The van der Waals surface area contributed by atoms with Crippen molar-refractivity contribution < 1.29 is 9.53 Å². The topological polar surface area (TPSA) is 98.1 Å². The highest BCUT2D eigenvalue weighted by atomic mass is 16.5. The summed E-state index contributed by atoms with van der Waals surface area (Å²) in [5.41, 5.74) is 4.80. The molecule has 1 aromatic heterocycles. The molecule has 70 valence electrons. The van der Waals surface area contributed by atoms with E-state index in [1.807, 2.05) is 0 Å². The summed E-state index contributed by atoms with van der Waals surface area (Å²) in [4.78, 5) is 27.4. The van der Waals surface area contributed by atoms with E-state index in [0.29, 0.717) is 0 Å². The molecule has 0 aliphatic carbocycles. The lowest BCUT2D eigenvalue weighted by molar-refractivity contribution is 0.0520. The number of ether oxygens (including phenoxy) is 1. The highest BCUT2D eigenvalue weighted by Gasteiger charge is 2.11. The molecule has 13 heavy (non-hydrogen) atoms. The van der Waals surface area contributed by atoms with Gasteiger partial charge in [0, 0.05) is 0 Å². The van der Waals surface area contributed by atoms with Gasteiger partial charge in [0.25, 0.3) is 0 Å². The van der Waals surface area contributed by atoms with Crippen LogP contribution in [0.5, 0.6) is 0 Å². The maximum absolute atomic E-state index is 11.1. The van der Waals surface area contributed by atoms with Crippen molar-refractivity contribution in [2.45, 2.75) is 6.92 Å². The van der Waals surface area contributed by atoms with Gasteiger partial charge in [-0.3, -0.25) is 4.98 Å². The summed E-state index contributed by atoms with van der Waals surface area (Å²) < 4.78 is 4.65. The number of rotatable bonds is 2. The quantitative estimate of drug-likeness (QED) is 0.604. The molecule has 0 saturated heterocycles. The molecule has 0 amide bonds. The number of nitrogens with one attached hydrogen (secondary N) is 1. The van der Waals surface area contributed by atoms with Gasteiger partial charge in [-0.1, -0.05) is 0 Å². The predicted octanol–water partition coefficient (Wildman–Crippen LogP) is -0.471. The second kappa shape index (κ2) is 3.70. The molecule has 1 rings (SSSR count). The smallest absolute Gasteiger partial charge is 0.357 e. The van der Waals surface area contributed by atoms with Crippen molar-refractivity contribution in [2.24, 2.45) is 0 Å². The van der Waals surface area contributed by atoms with Gasteiger partial charge in [0.05, 0.1) is 18.5 Å². The first-order valence-electron chi connectivity index (χ1n) is 3.67. The number of aromatic nitrogens is 2. The number of anilines is 1. The second-order valence-electron chi connectivity index (χ2n) is 2.24. The van der Waals surface area contributed by atoms with E-state index in [1.165, 1.54) is 0 Å². The lowest BCUT2D eigenvalue weighted by Crippen LogP contribution is -2.19. The van der Waals surface area contributed by atoms with Crippen LogP contribution in [0, 0.1) is 0 Å². The fourth-order valence-corrected chi connectivity index (χ4v) is 0.776. The minimum Gasteiger partial charge on any atom is -0.461 e. The molecular formula is C7H9N3O3. The van der Waals surface area contributed by atoms with Crippen LogP contribution in [0.3, 0.4) is 0 Å². The van der Waals surface area contributed by atoms with Gasteiger partial charge >= 0.3 is 11.7 Å². The van der Waals surface area contributed by atoms with Gasteiger partial charge in [-0.2, -0.15) is 4.98 Å². The molecule has 0 aliphatic heterocycles. The number of nitrogens with zero attached hydrogens (tertiary/aromatic N) is 1. The largest absolute Gasteiger partial charge is 0.461 e. The fourth-order valence-electron chi connectivity index (χ4n) is 0.776. The summed E-state index contributed by atoms with van der Waals surface area (Å²) in [6.07, 6.45) is 1.12. The molecule has 0 aliphatic rings. The molecule has 0 saturated carbocycles. The predicted molar refractivity (Wildman–Crippen MR) is 45.2 cm³/mol. The maximum atomic E-state index is 11.1. The Kier molecular flexibility index (Phi) is 2.63. The zero-order valence-corrected chi connectivity index (χ0v) is 7.03. The lowest BCUT2D eigenvalue weighted by Gasteiger charge is -2.02. The van der Waals surface area contributed by atoms with E-state index in [9.17, 15) is 9.59 Å². The Balaban J connectivity index is 3.06. The normalized spacial score (nSPS) is 9.62. The van der Waals surface area contributed by atoms with Gasteiger partial charge in [-0.05, 0) is 6.92 Å². The molecule has 0 bridgehead atoms. The van der Waals surface area contributed by atoms with Gasteiger partial charge in [0.2, 0.25) is 0 Å². The Morgan fingerprint density at radius 2 is 2.46 bits per heavy atom. The Morgan fingerprint density at radius 1 is 1.77 bits per heavy atom. The van der Waals surface area contributed by atoms with Crippen molar-refractivity contribution in [3.63, 3.8) is 0 Å². The van der Waals surface area contributed by atoms with Crippen molar-refractivity contribution in [3.05, 3.63) is 22.4 Å². The van der Waals surface area contributed by atoms with Gasteiger partial charge in [-0.25, -0.2) is 9.59 Å². The summed E-state index contributed by atoms with van der Waals surface area (Å²) >= 11 is 0. The number of carbonyl (C=O) groups is 1. The molecule has 0 unspecified atom stereocenters. The maximum Gasteiger partial charge on any atom is 0.357 e. The highest BCUT2D eigenvalue weighted by molar-refractivity contribution is 5.92. The summed E-state index contributed by atoms with van der Waals surface area (Å²) in [6, 6.07) is 0. The molecule has 0 radical (unpaired) electrons. The third-order valence-electron chi connectivity index (χ3n) is 1.32. The SMILES string of the molecule is CCOC(=O)c1[nH]c(=O)ncc1N. The van der Waals surface area contributed by atoms with Crippen LogP contribution in [0.1, 0.15) is 17.4 Å². The number of nitrogen functional groups attached to an aromatic ring is 1. The van der Waals surface area contributed by atoms with Crippen LogP contribution < -0.4 is 11.4 Å². The summed E-state index contributed by atoms with van der Waals surface area (Å²) in [7, 11) is 0. The van der Waals surface area contributed by atoms with Crippen LogP contribution >= 0.6 is 0 Å². The van der Waals surface area contributed by atoms with Crippen LogP contribution in [-0.2, 0) is 4.74 Å². The molecule has 0 aromatic carbocycles. The molecule has 1 heterocycles. The summed E-state index contributed by atoms with van der Waals surface area (Å²) in [5.74, 6) is -0.653. The Morgan fingerprint density at radius 3 is 3.08 bits per heavy atom. The van der Waals surface area contributed by atoms with Gasteiger partial charge < -0.3 is 10.5 Å². The van der Waals surface area contributed by atoms with Crippen LogP contribution in [0.25, 0.3) is 0 Å². The Bertz CT molecular complexity index is 371. The average molecular weight is 183 g/mol. The molecular weight excluding hydrogens is 174 g/mol. The van der Waals surface area contributed by atoms with E-state index in [1.54, 1.807) is 6.92 Å². The van der Waals surface area contributed by atoms with Crippen LogP contribution in [-0.4, -0.2) is 22.5 Å². The molecule has 0 atom stereocenters. The van der Waals surface area contributed by atoms with Crippen molar-refractivity contribution in [1.82, 2.24) is 9.97 Å². The van der Waals surface area contributed by atoms with Crippen molar-refractivity contribution in [2.75, 3.05) is 12.3 Å². The van der Waals surface area contributed by atoms with E-state index in [4.69, 9.17) is 5.73 Å². The van der Waals surface area contributed by atoms with E-state index >= 15 is 0 Å². The monoisotopic (exact) mass is 183 g/mol. The second-order valence-corrected chi connectivity index (χ2v) is 2.24. The van der Waals surface area contributed by atoms with Gasteiger partial charge in [0.1, 0.15) is 0 Å². The van der Waals surface area contributed by atoms with Crippen molar-refractivity contribution in [3.8, 4) is 0 Å². The third-order valence-corrected chi connectivity index (χ3v) is 1.32. The molecule has 3 N–H and O–H groups in total. The van der Waals surface area contributed by atoms with Crippen LogP contribution in [0.2, 0.25) is 0 Å². The molecule has 0 fully saturated rings. The Labute approximate surface area is 73.7 Å². The van der Waals surface area contributed by atoms with Gasteiger partial charge in [0.15, 0.2) is 5.69 Å². The number of esters is 1. The number of hydrogen-bond acceptors (Lipinski definition) is 5. The third kappa shape index (κ3) is 2.05. The standard InChI is InChI=1S/C7H9N3O3/c1-2-13-6(11)5-4(8)3-9-7(12)10-5/h3H,2,8H2,1H3,(H,9,10,12). The van der Waals surface area contributed by atoms with Crippen molar-refractivity contribution in [1.29, 1.82) is 0 Å². The Hall–Kier alpha value is -1.85. The number of H-pyrrole nitrogens is 1. The molecule has 6 heteroatoms. The average Bonchev–Trinajstić information content (AvgIpc) is 2.09. The van der Waals surface area contributed by atoms with Crippen molar-refractivity contribution >= 4 is 11.7 Å². The highest BCUT2D eigenvalue weighted by Crippen LogP contribution is 2.04. The summed E-state index contributed by atoms with van der Waals surface area (Å²) in [6.45, 7) is 1.88. The minimum absolute atomic E-state index is 0.0538. The first-order valence-corrected chi connectivity index (χ1v) is 3.67. The number of aromatic amines is 1. The first-order chi connectivity index (χ1) is 6.15. The van der Waals surface area contributed by atoms with Crippen LogP contribution in [0.4, 0.5) is 5.69 Å². The summed E-state index contributed by atoms with van der Waals surface area (Å²) in [5, 5.41) is 0. The van der Waals surface area contributed by atoms with E-state index in [2.05, 4.69) is 14.7 Å². The molecule has 6 nitrogen and oxygen atoms in total. The fraction of sp³-hybridized carbons (Fsp3) is 0.286. The van der Waals surface area contributed by atoms with Crippen LogP contribution in [0.15, 0.2) is 11.0 Å². The molecule has 1 aromatic rings. The number of nitrogens with two attached hydrogens (primary N) is 1. The van der Waals surface area contributed by atoms with E-state index in [0.717, 1.165) is 6.20 Å². The first kappa shape index (κ1) is 9.24. The number of carbonyl (C=O) groups excluding carboxylic acids is 1. The zero-order chi connectivity index (χ0) is 9.84. The number of hydrogen-bond donors (Lipinski definition) is 2. The van der Waals surface area contributed by atoms with Gasteiger partial charge in [-0.15, -0.1) is 0 Å². The van der Waals surface area contributed by atoms with E-state index < -0.39 is 11.7 Å². The zero-order valence-electron chi connectivity index (χ0n) is 7.03. The lowest BCUT2D eigenvalue weighted by atomic mass is 10.3. The minimum atomic E-state index is -0.653. The van der Waals surface area contributed by atoms with E-state index in [-0.39, 0.29) is 18.0 Å². The molecule has 0 spiro atoms.